The largest absolute Gasteiger partial charge is 0.480 e. The lowest BCUT2D eigenvalue weighted by molar-refractivity contribution is -0.196. The van der Waals surface area contributed by atoms with Gasteiger partial charge in [0.05, 0.1) is 43.1 Å². The quantitative estimate of drug-likeness (QED) is 0.0538. The first kappa shape index (κ1) is 70.4. The lowest BCUT2D eigenvalue weighted by Crippen LogP contribution is -2.37. The number of carbonyl (C=O) groups excluding carboxylic acids is 13. The molecule has 6 aromatic carbocycles. The molecule has 6 aromatic rings. The summed E-state index contributed by atoms with van der Waals surface area (Å²) in [7, 11) is 0. The van der Waals surface area contributed by atoms with Gasteiger partial charge in [-0.3, -0.25) is 57.5 Å². The van der Waals surface area contributed by atoms with Crippen molar-refractivity contribution in [2.24, 2.45) is 0 Å². The first-order valence-corrected chi connectivity index (χ1v) is 31.4. The van der Waals surface area contributed by atoms with Crippen LogP contribution >= 0.6 is 0 Å². The molecule has 5 aliphatic heterocycles. The average Bonchev–Trinajstić information content (AvgIpc) is 1.76. The molecule has 3 N–H and O–H groups in total. The molecular formula is C75H63N7O17. The molecule has 0 saturated carbocycles. The van der Waals surface area contributed by atoms with Crippen LogP contribution in [0.15, 0.2) is 158 Å². The molecule has 0 radical (unpaired) electrons. The van der Waals surface area contributed by atoms with Crippen molar-refractivity contribution in [3.8, 4) is 35.5 Å². The first-order chi connectivity index (χ1) is 47.8. The van der Waals surface area contributed by atoms with E-state index >= 15 is 0 Å². The molecule has 500 valence electrons. The molecule has 0 aromatic heterocycles. The molecule has 1 saturated heterocycles. The van der Waals surface area contributed by atoms with E-state index in [1.807, 2.05) is 140 Å². The number of anilines is 3. The van der Waals surface area contributed by atoms with E-state index in [4.69, 9.17) is 9.94 Å². The highest BCUT2D eigenvalue weighted by atomic mass is 16.7. The average molecular weight is 1330 g/mol. The third-order valence-corrected chi connectivity index (χ3v) is 15.6. The minimum Gasteiger partial charge on any atom is -0.480 e. The number of hydrogen-bond acceptors (Lipinski definition) is 16. The Morgan fingerprint density at radius 2 is 0.677 bits per heavy atom. The summed E-state index contributed by atoms with van der Waals surface area (Å²) in [6, 6.07) is 44.9. The van der Waals surface area contributed by atoms with E-state index < -0.39 is 66.4 Å². The Labute approximate surface area is 567 Å². The minimum atomic E-state index is -1.15. The van der Waals surface area contributed by atoms with Gasteiger partial charge in [0, 0.05) is 116 Å². The topological polar surface area (TPSA) is 318 Å². The van der Waals surface area contributed by atoms with E-state index in [9.17, 15) is 67.1 Å². The van der Waals surface area contributed by atoms with Crippen molar-refractivity contribution in [1.29, 1.82) is 0 Å². The van der Waals surface area contributed by atoms with Crippen LogP contribution in [0.1, 0.15) is 127 Å². The first-order valence-electron chi connectivity index (χ1n) is 31.4. The van der Waals surface area contributed by atoms with Crippen LogP contribution in [0.5, 0.6) is 0 Å². The molecule has 9 amide bonds. The lowest BCUT2D eigenvalue weighted by Gasteiger charge is -2.26. The Morgan fingerprint density at radius 3 is 1.06 bits per heavy atom. The zero-order valence-electron chi connectivity index (χ0n) is 53.2. The van der Waals surface area contributed by atoms with E-state index in [0.717, 1.165) is 56.7 Å². The van der Waals surface area contributed by atoms with Crippen LogP contribution in [0.4, 0.5) is 17.1 Å². The monoisotopic (exact) mass is 1330 g/mol. The normalized spacial score (nSPS) is 13.3. The molecule has 5 aliphatic rings. The fourth-order valence-electron chi connectivity index (χ4n) is 10.4. The van der Waals surface area contributed by atoms with Crippen molar-refractivity contribution in [3.05, 3.63) is 208 Å². The summed E-state index contributed by atoms with van der Waals surface area (Å²) < 4.78 is 0. The van der Waals surface area contributed by atoms with Crippen molar-refractivity contribution in [3.63, 3.8) is 0 Å². The number of amides is 9. The van der Waals surface area contributed by atoms with E-state index in [1.54, 1.807) is 20.8 Å². The number of imide groups is 2. The summed E-state index contributed by atoms with van der Waals surface area (Å²) in [6.45, 7) is -0.0528. The molecule has 24 heteroatoms. The Morgan fingerprint density at radius 1 is 0.364 bits per heavy atom. The molecule has 5 heterocycles. The van der Waals surface area contributed by atoms with Gasteiger partial charge < -0.3 is 40.1 Å². The summed E-state index contributed by atoms with van der Waals surface area (Å²) in [5.74, 6) is 10.9. The fraction of sp³-hybridized carbons (Fsp3) is 0.227. The molecular weight excluding hydrogens is 1270 g/mol. The van der Waals surface area contributed by atoms with E-state index in [1.165, 1.54) is 0 Å². The fourth-order valence-corrected chi connectivity index (χ4v) is 10.4. The molecule has 0 atom stereocenters. The number of ketones is 2. The van der Waals surface area contributed by atoms with Gasteiger partial charge >= 0.3 is 17.9 Å². The number of aliphatic carboxylic acids is 1. The second-order valence-electron chi connectivity index (χ2n) is 22.5. The molecule has 0 spiro atoms. The number of hydrogen-bond donors (Lipinski definition) is 3. The number of benzene rings is 6. The van der Waals surface area contributed by atoms with Crippen LogP contribution in [0.2, 0.25) is 0 Å². The van der Waals surface area contributed by atoms with Crippen molar-refractivity contribution < 1.29 is 81.9 Å². The summed E-state index contributed by atoms with van der Waals surface area (Å²) in [4.78, 5) is 182. The number of carboxylic acids is 1. The van der Waals surface area contributed by atoms with Crippen LogP contribution in [0.3, 0.4) is 0 Å². The Kier molecular flexibility index (Phi) is 24.2. The molecule has 24 nitrogen and oxygen atoms in total. The number of Topliss-reactive ketones (excluding diaryl/α,β-unsaturated/α-hetero) is 2. The Bertz CT molecular complexity index is 4470. The van der Waals surface area contributed by atoms with E-state index in [-0.39, 0.29) is 106 Å². The van der Waals surface area contributed by atoms with E-state index in [0.29, 0.717) is 52.4 Å². The van der Waals surface area contributed by atoms with Gasteiger partial charge in [-0.25, -0.2) is 9.59 Å². The predicted molar refractivity (Wildman–Crippen MR) is 354 cm³/mol. The smallest absolute Gasteiger partial charge is 0.352 e. The van der Waals surface area contributed by atoms with Crippen LogP contribution in [-0.2, 0) is 96.4 Å². The SMILES string of the molecule is O=C(CCC(=O)N1Cc2ccccc2C#Cc2ccccc21)ON1C(=O)C=CC1=O.O=C(CCC(=O)NCC(=O)ON1C(=O)CCC1=O)CCC(=O)N1Cc2ccccc2C#Cc2ccccc21.O=C(O)CNC(=O)CCC(=O)CCC(=O)N1Cc2ccccc2C#Cc2ccccc21. The number of rotatable bonds is 21. The zero-order valence-corrected chi connectivity index (χ0v) is 53.2. The van der Waals surface area contributed by atoms with Gasteiger partial charge in [0.15, 0.2) is 0 Å². The molecule has 11 rings (SSSR count). The highest BCUT2D eigenvalue weighted by Gasteiger charge is 2.34. The summed E-state index contributed by atoms with van der Waals surface area (Å²) in [5.41, 5.74) is 9.48. The lowest BCUT2D eigenvalue weighted by atomic mass is 10.0. The predicted octanol–water partition coefficient (Wildman–Crippen LogP) is 6.15. The van der Waals surface area contributed by atoms with Crippen LogP contribution in [0, 0.1) is 35.5 Å². The summed E-state index contributed by atoms with van der Waals surface area (Å²) in [6.07, 6.45) is 1.05. The zero-order chi connectivity index (χ0) is 70.4. The van der Waals surface area contributed by atoms with Crippen LogP contribution < -0.4 is 25.3 Å². The Hall–Kier alpha value is -12.9. The number of nitrogens with one attached hydrogen (secondary N) is 2. The third kappa shape index (κ3) is 19.6. The summed E-state index contributed by atoms with van der Waals surface area (Å²) >= 11 is 0. The Balaban J connectivity index is 0.000000175. The maximum atomic E-state index is 13.2. The number of fused-ring (bicyclic) bond motifs is 6. The second kappa shape index (κ2) is 34.0. The highest BCUT2D eigenvalue weighted by molar-refractivity contribution is 6.12. The molecule has 1 fully saturated rings. The van der Waals surface area contributed by atoms with Crippen molar-refractivity contribution in [1.82, 2.24) is 20.8 Å². The number of para-hydroxylation sites is 3. The van der Waals surface area contributed by atoms with Crippen LogP contribution in [0.25, 0.3) is 0 Å². The van der Waals surface area contributed by atoms with Gasteiger partial charge in [-0.15, -0.1) is 5.06 Å². The molecule has 0 bridgehead atoms. The van der Waals surface area contributed by atoms with Crippen molar-refractivity contribution >= 4 is 99.7 Å². The highest BCUT2D eigenvalue weighted by Crippen LogP contribution is 2.30. The van der Waals surface area contributed by atoms with Gasteiger partial charge in [0.25, 0.3) is 23.6 Å². The number of carboxylic acid groups (broad SMARTS) is 1. The maximum Gasteiger partial charge on any atom is 0.352 e. The van der Waals surface area contributed by atoms with Gasteiger partial charge in [-0.2, -0.15) is 0 Å². The number of hydroxylamine groups is 4. The molecule has 99 heavy (non-hydrogen) atoms. The number of carbonyl (C=O) groups is 14. The van der Waals surface area contributed by atoms with Gasteiger partial charge in [0.2, 0.25) is 29.5 Å². The van der Waals surface area contributed by atoms with Crippen molar-refractivity contribution in [2.45, 2.75) is 96.7 Å². The van der Waals surface area contributed by atoms with E-state index in [2.05, 4.69) is 51.0 Å². The molecule has 0 aliphatic carbocycles. The minimum absolute atomic E-state index is 0.0109. The standard InChI is InChI=1S/C28H25N3O7.C24H22N2O5.C23H16N2O5/c32-22(11-13-24(33)29-17-28(37)38-31-26(35)15-16-27(31)36)12-14-25(34)30-18-21-7-2-1-5-19(21)9-10-20-6-3-4-8-23(20)30;27-20(11-13-22(28)25-15-24(30)31)12-14-23(29)26-16-19-7-2-1-5-17(19)9-10-18-6-3-4-8-21(18)26;26-20(13-14-23(29)30-25-21(27)11-12-22(25)28)24-15-18-7-2-1-5-16(18)9-10-17-6-3-4-8-19(17)24/h1-8H,11-18H2,(H,29,33);1-8H,11-16H2,(H,25,28)(H,30,31);1-8,11-12H,13-15H2. The van der Waals surface area contributed by atoms with Crippen LogP contribution in [-0.4, -0.2) is 111 Å². The third-order valence-electron chi connectivity index (χ3n) is 15.6. The number of nitrogens with zero attached hydrogens (tertiary/aromatic N) is 5. The van der Waals surface area contributed by atoms with Crippen molar-refractivity contribution in [2.75, 3.05) is 27.8 Å². The maximum absolute atomic E-state index is 13.2. The van der Waals surface area contributed by atoms with Gasteiger partial charge in [-0.1, -0.05) is 132 Å². The second-order valence-corrected chi connectivity index (χ2v) is 22.5. The molecule has 0 unspecified atom stereocenters. The van der Waals surface area contributed by atoms with Gasteiger partial charge in [0.1, 0.15) is 24.7 Å². The summed E-state index contributed by atoms with van der Waals surface area (Å²) in [5, 5.41) is 13.8. The van der Waals surface area contributed by atoms with Gasteiger partial charge in [-0.05, 0) is 71.3 Å².